The topological polar surface area (TPSA) is 35.3 Å². The van der Waals surface area contributed by atoms with Gasteiger partial charge in [0.15, 0.2) is 0 Å². The van der Waals surface area contributed by atoms with Crippen LogP contribution in [0, 0.1) is 0 Å². The van der Waals surface area contributed by atoms with Gasteiger partial charge in [-0.1, -0.05) is 41.0 Å². The number of hydrogen-bond donors (Lipinski definition) is 0. The molecule has 0 radical (unpaired) electrons. The largest absolute Gasteiger partial charge is 0.489 e. The van der Waals surface area contributed by atoms with Crippen molar-refractivity contribution in [3.8, 4) is 17.0 Å². The fourth-order valence-corrected chi connectivity index (χ4v) is 1.96. The zero-order valence-corrected chi connectivity index (χ0v) is 11.4. The van der Waals surface area contributed by atoms with Crippen LogP contribution in [0.15, 0.2) is 65.4 Å². The maximum Gasteiger partial charge on any atom is 0.124 e. The van der Waals surface area contributed by atoms with Crippen LogP contribution in [0.25, 0.3) is 11.3 Å². The molecule has 0 aliphatic carbocycles. The number of rotatable bonds is 4. The van der Waals surface area contributed by atoms with Gasteiger partial charge in [0, 0.05) is 16.7 Å². The maximum atomic E-state index is 5.83. The molecule has 0 aliphatic rings. The molecule has 0 fully saturated rings. The Hall–Kier alpha value is -2.26. The first kappa shape index (κ1) is 12.8. The number of halogens is 1. The molecule has 0 bridgehead atoms. The highest BCUT2D eigenvalue weighted by atomic mass is 35.5. The lowest BCUT2D eigenvalue weighted by atomic mass is 10.1. The van der Waals surface area contributed by atoms with E-state index < -0.39 is 0 Å². The van der Waals surface area contributed by atoms with Crippen LogP contribution in [-0.4, -0.2) is 5.16 Å². The van der Waals surface area contributed by atoms with E-state index in [-0.39, 0.29) is 0 Å². The summed E-state index contributed by atoms with van der Waals surface area (Å²) in [7, 11) is 0. The first-order valence-corrected chi connectivity index (χ1v) is 6.57. The highest BCUT2D eigenvalue weighted by Crippen LogP contribution is 2.19. The van der Waals surface area contributed by atoms with Gasteiger partial charge in [0.05, 0.1) is 0 Å². The van der Waals surface area contributed by atoms with Gasteiger partial charge in [-0.15, -0.1) is 0 Å². The molecule has 0 spiro atoms. The molecule has 2 aromatic carbocycles. The molecule has 3 rings (SSSR count). The summed E-state index contributed by atoms with van der Waals surface area (Å²) in [6.45, 7) is 0.515. The lowest BCUT2D eigenvalue weighted by Crippen LogP contribution is -1.95. The molecule has 1 aromatic heterocycles. The Morgan fingerprint density at radius 1 is 0.950 bits per heavy atom. The van der Waals surface area contributed by atoms with Gasteiger partial charge >= 0.3 is 0 Å². The molecular formula is C16H12ClNO2. The Morgan fingerprint density at radius 3 is 2.35 bits per heavy atom. The Bertz CT molecular complexity index is 661. The zero-order chi connectivity index (χ0) is 13.8. The third-order valence-corrected chi connectivity index (χ3v) is 3.16. The minimum atomic E-state index is 0.515. The second kappa shape index (κ2) is 5.80. The van der Waals surface area contributed by atoms with Crippen molar-refractivity contribution < 1.29 is 9.26 Å². The molecule has 0 unspecified atom stereocenters. The van der Waals surface area contributed by atoms with Crippen molar-refractivity contribution in [3.05, 3.63) is 71.4 Å². The SMILES string of the molecule is Clc1ccc(OCc2ccc(-c3ccon3)cc2)cc1. The highest BCUT2D eigenvalue weighted by Gasteiger charge is 2.01. The van der Waals surface area contributed by atoms with Crippen LogP contribution in [0.3, 0.4) is 0 Å². The molecule has 100 valence electrons. The van der Waals surface area contributed by atoms with Gasteiger partial charge in [0.25, 0.3) is 0 Å². The predicted octanol–water partition coefficient (Wildman–Crippen LogP) is 4.57. The van der Waals surface area contributed by atoms with E-state index in [9.17, 15) is 0 Å². The van der Waals surface area contributed by atoms with Crippen molar-refractivity contribution in [3.63, 3.8) is 0 Å². The van der Waals surface area contributed by atoms with Crippen LogP contribution < -0.4 is 4.74 Å². The highest BCUT2D eigenvalue weighted by molar-refractivity contribution is 6.30. The van der Waals surface area contributed by atoms with Crippen molar-refractivity contribution in [2.45, 2.75) is 6.61 Å². The quantitative estimate of drug-likeness (QED) is 0.704. The minimum absolute atomic E-state index is 0.515. The molecule has 0 N–H and O–H groups in total. The van der Waals surface area contributed by atoms with Crippen molar-refractivity contribution in [1.29, 1.82) is 0 Å². The molecule has 4 heteroatoms. The third kappa shape index (κ3) is 3.00. The Balaban J connectivity index is 1.65. The van der Waals surface area contributed by atoms with Crippen molar-refractivity contribution in [1.82, 2.24) is 5.16 Å². The van der Waals surface area contributed by atoms with Gasteiger partial charge in [-0.05, 0) is 29.8 Å². The third-order valence-electron chi connectivity index (χ3n) is 2.91. The van der Waals surface area contributed by atoms with Crippen molar-refractivity contribution in [2.24, 2.45) is 0 Å². The number of aromatic nitrogens is 1. The number of benzene rings is 2. The zero-order valence-electron chi connectivity index (χ0n) is 10.6. The fourth-order valence-electron chi connectivity index (χ4n) is 1.83. The van der Waals surface area contributed by atoms with Gasteiger partial charge < -0.3 is 9.26 Å². The lowest BCUT2D eigenvalue weighted by Gasteiger charge is -2.06. The Kier molecular flexibility index (Phi) is 3.70. The second-order valence-corrected chi connectivity index (χ2v) is 4.76. The average molecular weight is 286 g/mol. The van der Waals surface area contributed by atoms with Gasteiger partial charge in [-0.25, -0.2) is 0 Å². The van der Waals surface area contributed by atoms with Crippen molar-refractivity contribution >= 4 is 11.6 Å². The summed E-state index contributed by atoms with van der Waals surface area (Å²) < 4.78 is 10.5. The molecular weight excluding hydrogens is 274 g/mol. The maximum absolute atomic E-state index is 5.83. The van der Waals surface area contributed by atoms with Crippen LogP contribution in [0.1, 0.15) is 5.56 Å². The summed E-state index contributed by atoms with van der Waals surface area (Å²) in [5.41, 5.74) is 2.94. The van der Waals surface area contributed by atoms with Gasteiger partial charge in [-0.2, -0.15) is 0 Å². The molecule has 3 nitrogen and oxygen atoms in total. The van der Waals surface area contributed by atoms with E-state index in [1.165, 1.54) is 0 Å². The summed E-state index contributed by atoms with van der Waals surface area (Å²) in [4.78, 5) is 0. The molecule has 1 heterocycles. The van der Waals surface area contributed by atoms with E-state index >= 15 is 0 Å². The first-order chi connectivity index (χ1) is 9.81. The smallest absolute Gasteiger partial charge is 0.124 e. The van der Waals surface area contributed by atoms with Crippen LogP contribution >= 0.6 is 11.6 Å². The van der Waals surface area contributed by atoms with Gasteiger partial charge in [-0.3, -0.25) is 0 Å². The van der Waals surface area contributed by atoms with Crippen molar-refractivity contribution in [2.75, 3.05) is 0 Å². The minimum Gasteiger partial charge on any atom is -0.489 e. The Labute approximate surface area is 121 Å². The molecule has 20 heavy (non-hydrogen) atoms. The van der Waals surface area contributed by atoms with E-state index in [1.807, 2.05) is 54.6 Å². The lowest BCUT2D eigenvalue weighted by molar-refractivity contribution is 0.306. The van der Waals surface area contributed by atoms with Gasteiger partial charge in [0.2, 0.25) is 0 Å². The average Bonchev–Trinajstić information content (AvgIpc) is 3.01. The molecule has 0 aliphatic heterocycles. The van der Waals surface area contributed by atoms with Crippen LogP contribution in [0.5, 0.6) is 5.75 Å². The molecule has 3 aromatic rings. The van der Waals surface area contributed by atoms with Crippen LogP contribution in [-0.2, 0) is 6.61 Å². The van der Waals surface area contributed by atoms with E-state index in [4.69, 9.17) is 20.9 Å². The molecule has 0 amide bonds. The van der Waals surface area contributed by atoms with E-state index in [0.717, 1.165) is 22.6 Å². The molecule has 0 saturated carbocycles. The number of nitrogens with zero attached hydrogens (tertiary/aromatic N) is 1. The first-order valence-electron chi connectivity index (χ1n) is 6.19. The van der Waals surface area contributed by atoms with E-state index in [0.29, 0.717) is 11.6 Å². The number of ether oxygens (including phenoxy) is 1. The summed E-state index contributed by atoms with van der Waals surface area (Å²) in [6.07, 6.45) is 1.56. The van der Waals surface area contributed by atoms with E-state index in [1.54, 1.807) is 6.26 Å². The molecule has 0 atom stereocenters. The summed E-state index contributed by atoms with van der Waals surface area (Å²) in [5.74, 6) is 0.801. The summed E-state index contributed by atoms with van der Waals surface area (Å²) >= 11 is 5.83. The standard InChI is InChI=1S/C16H12ClNO2/c17-14-5-7-15(8-6-14)19-11-12-1-3-13(4-2-12)16-9-10-20-18-16/h1-10H,11H2. The normalized spacial score (nSPS) is 10.4. The Morgan fingerprint density at radius 2 is 1.70 bits per heavy atom. The van der Waals surface area contributed by atoms with Gasteiger partial charge in [0.1, 0.15) is 24.3 Å². The monoisotopic (exact) mass is 285 g/mol. The number of hydrogen-bond acceptors (Lipinski definition) is 3. The summed E-state index contributed by atoms with van der Waals surface area (Å²) in [5, 5.41) is 4.60. The summed E-state index contributed by atoms with van der Waals surface area (Å²) in [6, 6.07) is 17.2. The fraction of sp³-hybridized carbons (Fsp3) is 0.0625. The molecule has 0 saturated heterocycles. The van der Waals surface area contributed by atoms with Crippen LogP contribution in [0.4, 0.5) is 0 Å². The predicted molar refractivity (Wildman–Crippen MR) is 77.7 cm³/mol. The van der Waals surface area contributed by atoms with E-state index in [2.05, 4.69) is 5.16 Å². The second-order valence-electron chi connectivity index (χ2n) is 4.32. The van der Waals surface area contributed by atoms with Crippen LogP contribution in [0.2, 0.25) is 5.02 Å².